The second-order valence-electron chi connectivity index (χ2n) is 8.14. The predicted octanol–water partition coefficient (Wildman–Crippen LogP) is 3.94. The van der Waals surface area contributed by atoms with Crippen molar-refractivity contribution < 1.29 is 27.9 Å². The molecule has 1 aliphatic heterocycles. The van der Waals surface area contributed by atoms with Crippen LogP contribution in [0, 0.1) is 17.5 Å². The Labute approximate surface area is 187 Å². The third-order valence-electron chi connectivity index (χ3n) is 6.18. The standard InChI is InChI=1S/C24H20F3N4O2/c1-13-22-17(23(29(2)28-22)16-11-18(25)21(27)19(26)12-16)7-9-30(13)24(32)15-5-6-20-14(10-15)4-3-8-31(20)33/h3-6,8,10-13,33H,7,9H2,1-2H3/q+1/t13-/m0/s1. The van der Waals surface area contributed by atoms with Gasteiger partial charge in [0.05, 0.1) is 22.8 Å². The number of benzene rings is 2. The molecule has 0 saturated carbocycles. The number of amides is 1. The van der Waals surface area contributed by atoms with Crippen LogP contribution >= 0.6 is 0 Å². The number of halogens is 3. The molecule has 9 heteroatoms. The molecule has 0 unspecified atom stereocenters. The highest BCUT2D eigenvalue weighted by Crippen LogP contribution is 2.37. The Balaban J connectivity index is 1.50. The van der Waals surface area contributed by atoms with Gasteiger partial charge in [0.15, 0.2) is 17.5 Å². The Morgan fingerprint density at radius 2 is 1.88 bits per heavy atom. The van der Waals surface area contributed by atoms with E-state index >= 15 is 0 Å². The third-order valence-corrected chi connectivity index (χ3v) is 6.18. The van der Waals surface area contributed by atoms with Gasteiger partial charge in [-0.2, -0.15) is 5.10 Å². The molecule has 6 nitrogen and oxygen atoms in total. The van der Waals surface area contributed by atoms with Crippen molar-refractivity contribution in [2.75, 3.05) is 6.54 Å². The molecule has 0 bridgehead atoms. The first-order chi connectivity index (χ1) is 15.8. The van der Waals surface area contributed by atoms with E-state index in [1.165, 1.54) is 10.9 Å². The van der Waals surface area contributed by atoms with Crippen LogP contribution < -0.4 is 4.73 Å². The zero-order valence-electron chi connectivity index (χ0n) is 17.9. The first-order valence-corrected chi connectivity index (χ1v) is 10.4. The minimum absolute atomic E-state index is 0.186. The number of carbonyl (C=O) groups excluding carboxylic acids is 1. The monoisotopic (exact) mass is 453 g/mol. The van der Waals surface area contributed by atoms with Crippen molar-refractivity contribution in [1.82, 2.24) is 14.7 Å². The summed E-state index contributed by atoms with van der Waals surface area (Å²) in [7, 11) is 1.65. The van der Waals surface area contributed by atoms with Crippen molar-refractivity contribution >= 4 is 16.8 Å². The summed E-state index contributed by atoms with van der Waals surface area (Å²) in [6.45, 7) is 2.23. The highest BCUT2D eigenvalue weighted by molar-refractivity contribution is 5.98. The van der Waals surface area contributed by atoms with E-state index in [0.717, 1.165) is 27.8 Å². The average molecular weight is 453 g/mol. The highest BCUT2D eigenvalue weighted by Gasteiger charge is 2.34. The van der Waals surface area contributed by atoms with E-state index in [1.54, 1.807) is 36.2 Å². The Morgan fingerprint density at radius 3 is 2.61 bits per heavy atom. The molecular weight excluding hydrogens is 433 g/mol. The number of rotatable bonds is 2. The van der Waals surface area contributed by atoms with E-state index in [-0.39, 0.29) is 17.5 Å². The Bertz CT molecular complexity index is 1410. The van der Waals surface area contributed by atoms with Gasteiger partial charge in [-0.25, -0.2) is 13.2 Å². The van der Waals surface area contributed by atoms with Crippen LogP contribution in [-0.2, 0) is 13.5 Å². The van der Waals surface area contributed by atoms with Crippen LogP contribution in [0.25, 0.3) is 22.2 Å². The summed E-state index contributed by atoms with van der Waals surface area (Å²) in [5, 5.41) is 15.2. The van der Waals surface area contributed by atoms with Gasteiger partial charge in [0.2, 0.25) is 6.20 Å². The fourth-order valence-corrected chi connectivity index (χ4v) is 4.58. The molecule has 0 aliphatic carbocycles. The van der Waals surface area contributed by atoms with Crippen molar-refractivity contribution in [1.29, 1.82) is 0 Å². The van der Waals surface area contributed by atoms with Gasteiger partial charge in [0.25, 0.3) is 11.4 Å². The summed E-state index contributed by atoms with van der Waals surface area (Å²) < 4.78 is 43.6. The number of aryl methyl sites for hydroxylation is 1. The van der Waals surface area contributed by atoms with Gasteiger partial charge < -0.3 is 4.90 Å². The van der Waals surface area contributed by atoms with Gasteiger partial charge in [0.1, 0.15) is 0 Å². The molecule has 0 fully saturated rings. The molecule has 2 aromatic heterocycles. The minimum atomic E-state index is -1.51. The maximum atomic E-state index is 13.8. The molecule has 2 aromatic carbocycles. The predicted molar refractivity (Wildman–Crippen MR) is 113 cm³/mol. The summed E-state index contributed by atoms with van der Waals surface area (Å²) in [5.74, 6) is -4.22. The summed E-state index contributed by atoms with van der Waals surface area (Å²) in [5.41, 5.74) is 3.16. The van der Waals surface area contributed by atoms with E-state index in [4.69, 9.17) is 0 Å². The van der Waals surface area contributed by atoms with Crippen LogP contribution in [0.4, 0.5) is 13.2 Å². The number of hydrogen-bond donors (Lipinski definition) is 1. The largest absolute Gasteiger partial charge is 0.330 e. The topological polar surface area (TPSA) is 62.2 Å². The quantitative estimate of drug-likeness (QED) is 0.284. The molecular formula is C24H20F3N4O2+. The van der Waals surface area contributed by atoms with E-state index < -0.39 is 17.5 Å². The summed E-state index contributed by atoms with van der Waals surface area (Å²) in [6, 6.07) is 10.1. The van der Waals surface area contributed by atoms with Crippen LogP contribution in [0.3, 0.4) is 0 Å². The second kappa shape index (κ2) is 7.61. The van der Waals surface area contributed by atoms with Crippen molar-refractivity contribution in [3.63, 3.8) is 0 Å². The lowest BCUT2D eigenvalue weighted by molar-refractivity contribution is -0.884. The van der Waals surface area contributed by atoms with Gasteiger partial charge >= 0.3 is 0 Å². The summed E-state index contributed by atoms with van der Waals surface area (Å²) in [6.07, 6.45) is 1.94. The molecule has 5 rings (SSSR count). The number of nitrogens with zero attached hydrogens (tertiary/aromatic N) is 4. The van der Waals surface area contributed by atoms with E-state index in [1.807, 2.05) is 13.0 Å². The van der Waals surface area contributed by atoms with Gasteiger partial charge in [-0.1, -0.05) is 0 Å². The van der Waals surface area contributed by atoms with Crippen LogP contribution in [-0.4, -0.2) is 32.3 Å². The second-order valence-corrected chi connectivity index (χ2v) is 8.14. The molecule has 1 N–H and O–H groups in total. The van der Waals surface area contributed by atoms with Crippen LogP contribution in [0.5, 0.6) is 0 Å². The molecule has 0 saturated heterocycles. The Hall–Kier alpha value is -3.88. The van der Waals surface area contributed by atoms with E-state index in [0.29, 0.717) is 35.4 Å². The van der Waals surface area contributed by atoms with Gasteiger partial charge in [-0.05, 0) is 43.7 Å². The van der Waals surface area contributed by atoms with Crippen LogP contribution in [0.1, 0.15) is 34.6 Å². The lowest BCUT2D eigenvalue weighted by Gasteiger charge is -2.33. The molecule has 1 atom stereocenters. The third kappa shape index (κ3) is 3.31. The summed E-state index contributed by atoms with van der Waals surface area (Å²) in [4.78, 5) is 15.0. The number of hydrogen-bond acceptors (Lipinski definition) is 3. The number of fused-ring (bicyclic) bond motifs is 2. The normalized spacial score (nSPS) is 15.7. The number of pyridine rings is 1. The summed E-state index contributed by atoms with van der Waals surface area (Å²) >= 11 is 0. The number of aromatic nitrogens is 3. The van der Waals surface area contributed by atoms with Crippen molar-refractivity contribution in [2.24, 2.45) is 7.05 Å². The van der Waals surface area contributed by atoms with Gasteiger partial charge in [-0.3, -0.25) is 14.7 Å². The molecule has 168 valence electrons. The maximum absolute atomic E-state index is 13.8. The lowest BCUT2D eigenvalue weighted by atomic mass is 9.95. The first-order valence-electron chi connectivity index (χ1n) is 10.4. The average Bonchev–Trinajstić information content (AvgIpc) is 3.13. The molecule has 1 aliphatic rings. The fraction of sp³-hybridized carbons (Fsp3) is 0.208. The molecule has 0 spiro atoms. The van der Waals surface area contributed by atoms with E-state index in [9.17, 15) is 23.2 Å². The molecule has 1 amide bonds. The lowest BCUT2D eigenvalue weighted by Crippen LogP contribution is -2.39. The number of carbonyl (C=O) groups is 1. The molecule has 0 radical (unpaired) electrons. The zero-order valence-corrected chi connectivity index (χ0v) is 17.9. The minimum Gasteiger partial charge on any atom is -0.330 e. The Morgan fingerprint density at radius 1 is 1.15 bits per heavy atom. The van der Waals surface area contributed by atoms with Crippen molar-refractivity contribution in [2.45, 2.75) is 19.4 Å². The Kier molecular flexibility index (Phi) is 4.84. The first kappa shape index (κ1) is 21.0. The van der Waals surface area contributed by atoms with Crippen LogP contribution in [0.2, 0.25) is 0 Å². The fourth-order valence-electron chi connectivity index (χ4n) is 4.58. The van der Waals surface area contributed by atoms with E-state index in [2.05, 4.69) is 5.10 Å². The zero-order chi connectivity index (χ0) is 23.4. The van der Waals surface area contributed by atoms with Crippen molar-refractivity contribution in [3.05, 3.63) is 82.9 Å². The van der Waals surface area contributed by atoms with Crippen molar-refractivity contribution in [3.8, 4) is 11.3 Å². The molecule has 33 heavy (non-hydrogen) atoms. The molecule has 4 aromatic rings. The smallest absolute Gasteiger partial charge is 0.264 e. The maximum Gasteiger partial charge on any atom is 0.264 e. The highest BCUT2D eigenvalue weighted by atomic mass is 19.2. The molecule has 3 heterocycles. The SMILES string of the molecule is C[C@H]1c2nn(C)c(-c3cc(F)c(F)c(F)c3)c2CCN1C(=O)c1ccc2c(ccc[n+]2O)c1. The van der Waals surface area contributed by atoms with Gasteiger partial charge in [0, 0.05) is 47.1 Å². The van der Waals surface area contributed by atoms with Crippen LogP contribution in [0.15, 0.2) is 48.7 Å². The van der Waals surface area contributed by atoms with Gasteiger partial charge in [-0.15, -0.1) is 0 Å².